The highest BCUT2D eigenvalue weighted by molar-refractivity contribution is 6.04. The lowest BCUT2D eigenvalue weighted by Crippen LogP contribution is -2.50. The summed E-state index contributed by atoms with van der Waals surface area (Å²) in [6, 6.07) is 6.33. The minimum atomic E-state index is -1.47. The molecule has 2 nitrogen and oxygen atoms in total. The van der Waals surface area contributed by atoms with Gasteiger partial charge in [0, 0.05) is 17.3 Å². The molecule has 0 saturated carbocycles. The van der Waals surface area contributed by atoms with Crippen LogP contribution in [0.25, 0.3) is 16.5 Å². The summed E-state index contributed by atoms with van der Waals surface area (Å²) in [5.74, 6) is -1.47. The van der Waals surface area contributed by atoms with E-state index >= 15 is 4.39 Å². The highest BCUT2D eigenvalue weighted by Crippen LogP contribution is 2.52. The quantitative estimate of drug-likeness (QED) is 0.659. The van der Waals surface area contributed by atoms with Gasteiger partial charge < -0.3 is 9.88 Å². The van der Waals surface area contributed by atoms with Crippen molar-refractivity contribution in [3.8, 4) is 0 Å². The lowest BCUT2D eigenvalue weighted by molar-refractivity contribution is 0.123. The first-order chi connectivity index (χ1) is 10.4. The standard InChI is InChI=1S/C19H23FN2/c1-5-12-8-7-11-22-14-10-6-9-13-15(14)16(17(12)22)21-19(4,20)18(13,2)3/h5-6,9-10,21H,7-8,11H2,1-4H3/b12-5-/t19-/m1/s1. The van der Waals surface area contributed by atoms with Crippen LogP contribution < -0.4 is 5.32 Å². The van der Waals surface area contributed by atoms with Gasteiger partial charge in [-0.15, -0.1) is 0 Å². The van der Waals surface area contributed by atoms with E-state index in [9.17, 15) is 0 Å². The second-order valence-electron chi connectivity index (χ2n) is 7.25. The van der Waals surface area contributed by atoms with E-state index in [1.807, 2.05) is 13.8 Å². The number of alkyl halides is 1. The fraction of sp³-hybridized carbons (Fsp3) is 0.474. The summed E-state index contributed by atoms with van der Waals surface area (Å²) < 4.78 is 17.8. The first kappa shape index (κ1) is 13.9. The molecule has 0 fully saturated rings. The van der Waals surface area contributed by atoms with Crippen molar-refractivity contribution in [1.82, 2.24) is 4.57 Å². The van der Waals surface area contributed by atoms with Gasteiger partial charge in [0.1, 0.15) is 0 Å². The molecule has 0 radical (unpaired) electrons. The van der Waals surface area contributed by atoms with Gasteiger partial charge in [0.2, 0.25) is 0 Å². The molecule has 1 aromatic carbocycles. The van der Waals surface area contributed by atoms with Crippen molar-refractivity contribution in [2.75, 3.05) is 5.32 Å². The van der Waals surface area contributed by atoms with Gasteiger partial charge in [-0.25, -0.2) is 4.39 Å². The Kier molecular flexibility index (Phi) is 2.62. The van der Waals surface area contributed by atoms with E-state index < -0.39 is 11.2 Å². The predicted octanol–water partition coefficient (Wildman–Crippen LogP) is 5.23. The molecule has 0 unspecified atom stereocenters. The number of aryl methyl sites for hydroxylation is 1. The number of benzene rings is 1. The second-order valence-corrected chi connectivity index (χ2v) is 7.25. The van der Waals surface area contributed by atoms with Crippen LogP contribution in [-0.2, 0) is 12.0 Å². The molecule has 1 aromatic heterocycles. The van der Waals surface area contributed by atoms with E-state index in [0.717, 1.165) is 30.6 Å². The summed E-state index contributed by atoms with van der Waals surface area (Å²) in [7, 11) is 0. The van der Waals surface area contributed by atoms with Gasteiger partial charge in [0.05, 0.1) is 16.9 Å². The number of halogens is 1. The molecule has 0 bridgehead atoms. The summed E-state index contributed by atoms with van der Waals surface area (Å²) >= 11 is 0. The second kappa shape index (κ2) is 4.15. The number of hydrogen-bond donors (Lipinski definition) is 1. The molecule has 3 heterocycles. The average Bonchev–Trinajstić information content (AvgIpc) is 2.80. The zero-order chi connectivity index (χ0) is 15.7. The third-order valence-corrected chi connectivity index (χ3v) is 5.78. The van der Waals surface area contributed by atoms with Gasteiger partial charge in [-0.2, -0.15) is 0 Å². The maximum absolute atomic E-state index is 15.4. The van der Waals surface area contributed by atoms with Crippen LogP contribution in [0.5, 0.6) is 0 Å². The Morgan fingerprint density at radius 3 is 2.77 bits per heavy atom. The van der Waals surface area contributed by atoms with Crippen molar-refractivity contribution in [3.63, 3.8) is 0 Å². The third kappa shape index (κ3) is 1.49. The molecule has 0 amide bonds. The van der Waals surface area contributed by atoms with Crippen molar-refractivity contribution in [3.05, 3.63) is 35.5 Å². The van der Waals surface area contributed by atoms with Crippen LogP contribution in [0.2, 0.25) is 0 Å². The van der Waals surface area contributed by atoms with Crippen molar-refractivity contribution in [2.45, 2.75) is 58.3 Å². The van der Waals surface area contributed by atoms with Gasteiger partial charge >= 0.3 is 0 Å². The molecule has 1 N–H and O–H groups in total. The van der Waals surface area contributed by atoms with Gasteiger partial charge in [-0.05, 0) is 43.9 Å². The van der Waals surface area contributed by atoms with Gasteiger partial charge in [-0.1, -0.05) is 32.1 Å². The fourth-order valence-electron chi connectivity index (χ4n) is 4.08. The van der Waals surface area contributed by atoms with Crippen LogP contribution in [0, 0.1) is 0 Å². The molecule has 2 aliphatic rings. The fourth-order valence-corrected chi connectivity index (χ4v) is 4.08. The Balaban J connectivity index is 2.17. The van der Waals surface area contributed by atoms with Crippen LogP contribution >= 0.6 is 0 Å². The smallest absolute Gasteiger partial charge is 0.186 e. The monoisotopic (exact) mass is 298 g/mol. The van der Waals surface area contributed by atoms with Crippen molar-refractivity contribution in [1.29, 1.82) is 0 Å². The summed E-state index contributed by atoms with van der Waals surface area (Å²) in [5.41, 5.74) is 5.29. The Morgan fingerprint density at radius 2 is 2.05 bits per heavy atom. The molecule has 0 spiro atoms. The molecular formula is C19H23FN2. The molecule has 1 atom stereocenters. The van der Waals surface area contributed by atoms with E-state index in [1.165, 1.54) is 22.2 Å². The van der Waals surface area contributed by atoms with Crippen LogP contribution in [0.15, 0.2) is 24.3 Å². The lowest BCUT2D eigenvalue weighted by Gasteiger charge is -2.43. The number of fused-ring (bicyclic) bond motifs is 3. The topological polar surface area (TPSA) is 17.0 Å². The van der Waals surface area contributed by atoms with E-state index in [0.29, 0.717) is 0 Å². The molecule has 4 rings (SSSR count). The summed E-state index contributed by atoms with van der Waals surface area (Å²) in [5, 5.41) is 4.44. The largest absolute Gasteiger partial charge is 0.351 e. The summed E-state index contributed by atoms with van der Waals surface area (Å²) in [4.78, 5) is 0. The normalized spacial score (nSPS) is 27.8. The highest BCUT2D eigenvalue weighted by atomic mass is 19.1. The van der Waals surface area contributed by atoms with Crippen molar-refractivity contribution < 1.29 is 4.39 Å². The number of nitrogens with one attached hydrogen (secondary N) is 1. The van der Waals surface area contributed by atoms with E-state index in [1.54, 1.807) is 6.92 Å². The maximum Gasteiger partial charge on any atom is 0.186 e. The first-order valence-electron chi connectivity index (χ1n) is 8.17. The Morgan fingerprint density at radius 1 is 1.27 bits per heavy atom. The number of rotatable bonds is 0. The Hall–Kier alpha value is -1.77. The number of allylic oxidation sites excluding steroid dienone is 2. The lowest BCUT2D eigenvalue weighted by atomic mass is 9.72. The molecule has 116 valence electrons. The van der Waals surface area contributed by atoms with Gasteiger partial charge in [0.15, 0.2) is 5.79 Å². The van der Waals surface area contributed by atoms with E-state index in [4.69, 9.17) is 0 Å². The van der Waals surface area contributed by atoms with E-state index in [2.05, 4.69) is 41.1 Å². The Labute approximate surface area is 131 Å². The molecule has 2 aliphatic heterocycles. The molecule has 0 saturated heterocycles. The minimum absolute atomic E-state index is 0.562. The first-order valence-corrected chi connectivity index (χ1v) is 8.17. The van der Waals surface area contributed by atoms with Crippen molar-refractivity contribution in [2.24, 2.45) is 0 Å². The third-order valence-electron chi connectivity index (χ3n) is 5.78. The molecule has 22 heavy (non-hydrogen) atoms. The van der Waals surface area contributed by atoms with Gasteiger partial charge in [0.25, 0.3) is 0 Å². The van der Waals surface area contributed by atoms with Gasteiger partial charge in [-0.3, -0.25) is 0 Å². The molecule has 3 heteroatoms. The minimum Gasteiger partial charge on any atom is -0.351 e. The van der Waals surface area contributed by atoms with Crippen molar-refractivity contribution >= 4 is 22.2 Å². The zero-order valence-corrected chi connectivity index (χ0v) is 13.8. The number of nitrogens with zero attached hydrogens (tertiary/aromatic N) is 1. The number of anilines is 1. The molecule has 0 aliphatic carbocycles. The van der Waals surface area contributed by atoms with Crippen LogP contribution in [0.4, 0.5) is 10.1 Å². The highest BCUT2D eigenvalue weighted by Gasteiger charge is 2.48. The maximum atomic E-state index is 15.4. The van der Waals surface area contributed by atoms with E-state index in [-0.39, 0.29) is 0 Å². The predicted molar refractivity (Wildman–Crippen MR) is 91.0 cm³/mol. The van der Waals surface area contributed by atoms with Crippen LogP contribution in [0.3, 0.4) is 0 Å². The SMILES string of the molecule is C/C=C1/CCCn2c1c1c3c(cccc32)C(C)(C)[C@](C)(F)N1. The average molecular weight is 298 g/mol. The van der Waals surface area contributed by atoms with Crippen LogP contribution in [0.1, 0.15) is 51.8 Å². The summed E-state index contributed by atoms with van der Waals surface area (Å²) in [6.07, 6.45) is 4.40. The molecular weight excluding hydrogens is 275 g/mol. The number of aromatic nitrogens is 1. The zero-order valence-electron chi connectivity index (χ0n) is 13.8. The molecule has 2 aromatic rings. The number of hydrogen-bond acceptors (Lipinski definition) is 1. The summed E-state index contributed by atoms with van der Waals surface area (Å²) in [6.45, 7) is 8.74. The Bertz CT molecular complexity index is 808. The van der Waals surface area contributed by atoms with Crippen LogP contribution in [-0.4, -0.2) is 10.4 Å².